The summed E-state index contributed by atoms with van der Waals surface area (Å²) >= 11 is 0. The topological polar surface area (TPSA) is 79.7 Å². The second kappa shape index (κ2) is 6.08. The molecule has 1 aromatic heterocycles. The van der Waals surface area contributed by atoms with Crippen LogP contribution in [0.25, 0.3) is 0 Å². The van der Waals surface area contributed by atoms with Gasteiger partial charge in [0.1, 0.15) is 11.4 Å². The van der Waals surface area contributed by atoms with Gasteiger partial charge in [-0.1, -0.05) is 18.2 Å². The van der Waals surface area contributed by atoms with E-state index in [1.807, 2.05) is 25.1 Å². The Balaban J connectivity index is 2.02. The van der Waals surface area contributed by atoms with Gasteiger partial charge in [0.2, 0.25) is 11.8 Å². The van der Waals surface area contributed by atoms with E-state index in [-0.39, 0.29) is 18.7 Å². The Kier molecular flexibility index (Phi) is 3.97. The second-order valence-electron chi connectivity index (χ2n) is 5.37. The minimum absolute atomic E-state index is 0.0647. The molecule has 0 radical (unpaired) electrons. The summed E-state index contributed by atoms with van der Waals surface area (Å²) in [4.78, 5) is 29.0. The van der Waals surface area contributed by atoms with Gasteiger partial charge in [-0.25, -0.2) is 4.98 Å². The van der Waals surface area contributed by atoms with Gasteiger partial charge in [-0.3, -0.25) is 9.59 Å². The van der Waals surface area contributed by atoms with Crippen LogP contribution in [0.3, 0.4) is 0 Å². The van der Waals surface area contributed by atoms with Gasteiger partial charge in [0.05, 0.1) is 13.0 Å². The van der Waals surface area contributed by atoms with E-state index in [1.54, 1.807) is 18.3 Å². The number of aryl methyl sites for hydroxylation is 1. The molecule has 0 unspecified atom stereocenters. The average molecular weight is 312 g/mol. The Morgan fingerprint density at radius 1 is 1.26 bits per heavy atom. The third kappa shape index (κ3) is 3.01. The quantitative estimate of drug-likeness (QED) is 0.942. The first kappa shape index (κ1) is 15.0. The average Bonchev–Trinajstić information content (AvgIpc) is 2.70. The zero-order valence-electron chi connectivity index (χ0n) is 12.7. The number of aliphatic carboxylic acids is 1. The summed E-state index contributed by atoms with van der Waals surface area (Å²) < 4.78 is 5.92. The van der Waals surface area contributed by atoms with Crippen molar-refractivity contribution in [2.75, 3.05) is 4.90 Å². The standard InChI is InChI=1S/C17H16N2O4/c1-11-4-2-5-12-10-19(14(20)7-8-15(21)22)13-6-3-9-18-17(13)23-16(11)12/h2-6,9H,7-8,10H2,1H3,(H,21,22). The van der Waals surface area contributed by atoms with Crippen molar-refractivity contribution in [1.82, 2.24) is 4.98 Å². The number of hydrogen-bond donors (Lipinski definition) is 1. The number of pyridine rings is 1. The number of carboxylic acids is 1. The molecule has 1 N–H and O–H groups in total. The highest BCUT2D eigenvalue weighted by molar-refractivity contribution is 5.96. The molecule has 1 aliphatic heterocycles. The van der Waals surface area contributed by atoms with E-state index in [9.17, 15) is 9.59 Å². The molecule has 0 spiro atoms. The molecule has 3 rings (SSSR count). The molecule has 1 amide bonds. The fourth-order valence-electron chi connectivity index (χ4n) is 2.57. The zero-order valence-corrected chi connectivity index (χ0v) is 12.7. The molecule has 23 heavy (non-hydrogen) atoms. The molecule has 0 fully saturated rings. The number of carboxylic acid groups (broad SMARTS) is 1. The Morgan fingerprint density at radius 2 is 2.09 bits per heavy atom. The van der Waals surface area contributed by atoms with Gasteiger partial charge in [0, 0.05) is 18.2 Å². The van der Waals surface area contributed by atoms with E-state index in [0.717, 1.165) is 11.1 Å². The van der Waals surface area contributed by atoms with Crippen molar-refractivity contribution in [2.24, 2.45) is 0 Å². The number of hydrogen-bond acceptors (Lipinski definition) is 4. The molecule has 1 aromatic carbocycles. The van der Waals surface area contributed by atoms with Gasteiger partial charge < -0.3 is 14.7 Å². The van der Waals surface area contributed by atoms with Gasteiger partial charge >= 0.3 is 5.97 Å². The van der Waals surface area contributed by atoms with Crippen molar-refractivity contribution < 1.29 is 19.4 Å². The summed E-state index contributed by atoms with van der Waals surface area (Å²) in [7, 11) is 0. The van der Waals surface area contributed by atoms with Crippen molar-refractivity contribution in [1.29, 1.82) is 0 Å². The first-order valence-corrected chi connectivity index (χ1v) is 7.30. The van der Waals surface area contributed by atoms with Crippen molar-refractivity contribution in [2.45, 2.75) is 26.3 Å². The molecular weight excluding hydrogens is 296 g/mol. The van der Waals surface area contributed by atoms with E-state index in [1.165, 1.54) is 4.90 Å². The highest BCUT2D eigenvalue weighted by atomic mass is 16.5. The summed E-state index contributed by atoms with van der Waals surface area (Å²) in [5.41, 5.74) is 2.38. The number of ether oxygens (including phenoxy) is 1. The van der Waals surface area contributed by atoms with Crippen LogP contribution in [-0.4, -0.2) is 22.0 Å². The zero-order chi connectivity index (χ0) is 16.4. The second-order valence-corrected chi connectivity index (χ2v) is 5.37. The summed E-state index contributed by atoms with van der Waals surface area (Å²) in [6.45, 7) is 2.26. The van der Waals surface area contributed by atoms with Crippen LogP contribution in [0.1, 0.15) is 24.0 Å². The van der Waals surface area contributed by atoms with Crippen LogP contribution < -0.4 is 9.64 Å². The number of para-hydroxylation sites is 1. The van der Waals surface area contributed by atoms with E-state index in [0.29, 0.717) is 23.9 Å². The van der Waals surface area contributed by atoms with Crippen molar-refractivity contribution in [3.63, 3.8) is 0 Å². The lowest BCUT2D eigenvalue weighted by Crippen LogP contribution is -2.30. The third-order valence-corrected chi connectivity index (χ3v) is 3.72. The van der Waals surface area contributed by atoms with Crippen LogP contribution in [-0.2, 0) is 16.1 Å². The molecule has 118 valence electrons. The number of amides is 1. The molecule has 0 aliphatic carbocycles. The number of nitrogens with zero attached hydrogens (tertiary/aromatic N) is 2. The maximum atomic E-state index is 12.5. The van der Waals surface area contributed by atoms with Crippen molar-refractivity contribution in [3.05, 3.63) is 47.7 Å². The van der Waals surface area contributed by atoms with Gasteiger partial charge in [-0.05, 0) is 24.6 Å². The lowest BCUT2D eigenvalue weighted by Gasteiger charge is -2.21. The Morgan fingerprint density at radius 3 is 2.87 bits per heavy atom. The molecule has 2 aromatic rings. The normalized spacial score (nSPS) is 12.7. The lowest BCUT2D eigenvalue weighted by molar-refractivity contribution is -0.138. The highest BCUT2D eigenvalue weighted by Crippen LogP contribution is 2.39. The number of fused-ring (bicyclic) bond motifs is 2. The van der Waals surface area contributed by atoms with E-state index < -0.39 is 5.97 Å². The SMILES string of the molecule is Cc1cccc2c1Oc1ncccc1N(C(=O)CCC(=O)O)C2. The Bertz CT molecular complexity index is 773. The summed E-state index contributed by atoms with van der Waals surface area (Å²) in [6.07, 6.45) is 1.33. The largest absolute Gasteiger partial charge is 0.481 e. The van der Waals surface area contributed by atoms with Gasteiger partial charge in [-0.2, -0.15) is 0 Å². The number of carbonyl (C=O) groups is 2. The molecule has 0 atom stereocenters. The van der Waals surface area contributed by atoms with Crippen molar-refractivity contribution in [3.8, 4) is 11.6 Å². The Hall–Kier alpha value is -2.89. The highest BCUT2D eigenvalue weighted by Gasteiger charge is 2.26. The van der Waals surface area contributed by atoms with E-state index >= 15 is 0 Å². The Labute approximate surface area is 133 Å². The van der Waals surface area contributed by atoms with E-state index in [4.69, 9.17) is 9.84 Å². The number of carbonyl (C=O) groups excluding carboxylic acids is 1. The molecule has 0 saturated carbocycles. The fourth-order valence-corrected chi connectivity index (χ4v) is 2.57. The lowest BCUT2D eigenvalue weighted by atomic mass is 10.1. The number of aromatic nitrogens is 1. The van der Waals surface area contributed by atoms with Crippen LogP contribution in [0.5, 0.6) is 11.6 Å². The molecule has 1 aliphatic rings. The van der Waals surface area contributed by atoms with Crippen LogP contribution in [0.2, 0.25) is 0 Å². The molecule has 0 bridgehead atoms. The van der Waals surface area contributed by atoms with Crippen LogP contribution in [0.4, 0.5) is 5.69 Å². The molecule has 2 heterocycles. The van der Waals surface area contributed by atoms with Gasteiger partial charge in [-0.15, -0.1) is 0 Å². The summed E-state index contributed by atoms with van der Waals surface area (Å²) in [6, 6.07) is 9.21. The summed E-state index contributed by atoms with van der Waals surface area (Å²) in [5, 5.41) is 8.80. The molecule has 6 nitrogen and oxygen atoms in total. The minimum Gasteiger partial charge on any atom is -0.481 e. The van der Waals surface area contributed by atoms with Gasteiger partial charge in [0.25, 0.3) is 0 Å². The smallest absolute Gasteiger partial charge is 0.303 e. The molecule has 6 heteroatoms. The van der Waals surface area contributed by atoms with Crippen molar-refractivity contribution >= 4 is 17.6 Å². The minimum atomic E-state index is -0.993. The first-order chi connectivity index (χ1) is 11.1. The number of benzene rings is 1. The van der Waals surface area contributed by atoms with Crippen LogP contribution in [0, 0.1) is 6.92 Å². The predicted molar refractivity (Wildman–Crippen MR) is 83.5 cm³/mol. The predicted octanol–water partition coefficient (Wildman–Crippen LogP) is 2.89. The monoisotopic (exact) mass is 312 g/mol. The molecule has 0 saturated heterocycles. The summed E-state index contributed by atoms with van der Waals surface area (Å²) in [5.74, 6) is -0.211. The van der Waals surface area contributed by atoms with Crippen LogP contribution >= 0.6 is 0 Å². The first-order valence-electron chi connectivity index (χ1n) is 7.30. The maximum Gasteiger partial charge on any atom is 0.303 e. The van der Waals surface area contributed by atoms with Crippen LogP contribution in [0.15, 0.2) is 36.5 Å². The fraction of sp³-hybridized carbons (Fsp3) is 0.235. The number of rotatable bonds is 3. The number of anilines is 1. The van der Waals surface area contributed by atoms with E-state index in [2.05, 4.69) is 4.98 Å². The molecular formula is C17H16N2O4. The third-order valence-electron chi connectivity index (χ3n) is 3.72. The van der Waals surface area contributed by atoms with Gasteiger partial charge in [0.15, 0.2) is 0 Å². The maximum absolute atomic E-state index is 12.5.